The second-order valence-electron chi connectivity index (χ2n) is 6.48. The molecule has 0 spiro atoms. The lowest BCUT2D eigenvalue weighted by Gasteiger charge is -2.09. The maximum absolute atomic E-state index is 12.6. The number of nitrogens with zero attached hydrogens (tertiary/aromatic N) is 5. The van der Waals surface area contributed by atoms with E-state index >= 15 is 0 Å². The second-order valence-corrected chi connectivity index (χ2v) is 6.48. The number of pyridine rings is 1. The zero-order chi connectivity index (χ0) is 20.2. The largest absolute Gasteiger partial charge is 0.324 e. The molecule has 0 saturated heterocycles. The third kappa shape index (κ3) is 4.27. The highest BCUT2D eigenvalue weighted by Gasteiger charge is 2.09. The van der Waals surface area contributed by atoms with E-state index in [-0.39, 0.29) is 5.91 Å². The Morgan fingerprint density at radius 3 is 2.45 bits per heavy atom. The number of nitrogens with one attached hydrogen (secondary N) is 2. The molecule has 0 aliphatic heterocycles. The van der Waals surface area contributed by atoms with E-state index in [2.05, 4.69) is 30.7 Å². The van der Waals surface area contributed by atoms with E-state index in [1.165, 1.54) is 0 Å². The lowest BCUT2D eigenvalue weighted by Crippen LogP contribution is -2.12. The van der Waals surface area contributed by atoms with Crippen LogP contribution in [0.15, 0.2) is 67.1 Å². The highest BCUT2D eigenvalue weighted by atomic mass is 16.1. The maximum atomic E-state index is 12.6. The van der Waals surface area contributed by atoms with Crippen molar-refractivity contribution in [2.24, 2.45) is 0 Å². The van der Waals surface area contributed by atoms with Gasteiger partial charge in [-0.2, -0.15) is 5.10 Å². The van der Waals surface area contributed by atoms with Gasteiger partial charge in [-0.1, -0.05) is 6.07 Å². The monoisotopic (exact) mass is 385 g/mol. The fraction of sp³-hybridized carbons (Fsp3) is 0.0952. The molecule has 0 aliphatic rings. The standard InChI is InChI=1S/C21H19N7O/c1-14-11-15(2)28(27-14)19-8-7-18(13-24-19)25-20(29)16-5-3-6-17(12-16)26-21-22-9-4-10-23-21/h3-13H,1-2H3,(H,25,29)(H,22,23,26). The van der Waals surface area contributed by atoms with Gasteiger partial charge in [0.05, 0.1) is 17.6 Å². The van der Waals surface area contributed by atoms with Crippen LogP contribution in [0.5, 0.6) is 0 Å². The molecule has 3 heterocycles. The van der Waals surface area contributed by atoms with Crippen LogP contribution in [0.1, 0.15) is 21.7 Å². The quantitative estimate of drug-likeness (QED) is 0.544. The van der Waals surface area contributed by atoms with Gasteiger partial charge in [0, 0.05) is 29.3 Å². The molecule has 1 aromatic carbocycles. The van der Waals surface area contributed by atoms with Crippen LogP contribution < -0.4 is 10.6 Å². The van der Waals surface area contributed by atoms with Crippen LogP contribution in [0.25, 0.3) is 5.82 Å². The van der Waals surface area contributed by atoms with Gasteiger partial charge in [-0.3, -0.25) is 4.79 Å². The number of hydrogen-bond acceptors (Lipinski definition) is 6. The number of amides is 1. The number of carbonyl (C=O) groups is 1. The fourth-order valence-corrected chi connectivity index (χ4v) is 2.88. The summed E-state index contributed by atoms with van der Waals surface area (Å²) in [5.41, 5.74) is 3.76. The van der Waals surface area contributed by atoms with Crippen molar-refractivity contribution < 1.29 is 4.79 Å². The number of carbonyl (C=O) groups excluding carboxylic acids is 1. The van der Waals surface area contributed by atoms with Crippen LogP contribution in [0.2, 0.25) is 0 Å². The van der Waals surface area contributed by atoms with Crippen LogP contribution in [-0.2, 0) is 0 Å². The molecular formula is C21H19N7O. The summed E-state index contributed by atoms with van der Waals surface area (Å²) in [6.07, 6.45) is 4.91. The van der Waals surface area contributed by atoms with E-state index < -0.39 is 0 Å². The van der Waals surface area contributed by atoms with Crippen molar-refractivity contribution in [3.63, 3.8) is 0 Å². The van der Waals surface area contributed by atoms with E-state index in [0.717, 1.165) is 17.1 Å². The van der Waals surface area contributed by atoms with Gasteiger partial charge in [-0.15, -0.1) is 0 Å². The molecule has 0 aliphatic carbocycles. The van der Waals surface area contributed by atoms with Crippen molar-refractivity contribution in [3.8, 4) is 5.82 Å². The summed E-state index contributed by atoms with van der Waals surface area (Å²) in [5.74, 6) is 0.931. The molecule has 2 N–H and O–H groups in total. The Labute approximate surface area is 167 Å². The Hall–Kier alpha value is -4.07. The summed E-state index contributed by atoms with van der Waals surface area (Å²) in [7, 11) is 0. The Kier molecular flexibility index (Phi) is 4.98. The van der Waals surface area contributed by atoms with E-state index in [0.29, 0.717) is 23.0 Å². The first-order valence-electron chi connectivity index (χ1n) is 9.04. The highest BCUT2D eigenvalue weighted by molar-refractivity contribution is 6.04. The molecule has 1 amide bonds. The topological polar surface area (TPSA) is 97.6 Å². The third-order valence-electron chi connectivity index (χ3n) is 4.18. The molecule has 144 valence electrons. The van der Waals surface area contributed by atoms with Crippen molar-refractivity contribution in [3.05, 3.63) is 84.1 Å². The Balaban J connectivity index is 1.46. The first-order chi connectivity index (χ1) is 14.1. The second kappa shape index (κ2) is 7.89. The Morgan fingerprint density at radius 2 is 1.76 bits per heavy atom. The summed E-state index contributed by atoms with van der Waals surface area (Å²) in [4.78, 5) is 25.3. The summed E-state index contributed by atoms with van der Waals surface area (Å²) < 4.78 is 1.77. The molecule has 0 atom stereocenters. The Morgan fingerprint density at radius 1 is 0.931 bits per heavy atom. The minimum Gasteiger partial charge on any atom is -0.324 e. The van der Waals surface area contributed by atoms with Crippen molar-refractivity contribution in [2.45, 2.75) is 13.8 Å². The van der Waals surface area contributed by atoms with E-state index in [1.54, 1.807) is 53.6 Å². The number of benzene rings is 1. The number of aryl methyl sites for hydroxylation is 2. The molecular weight excluding hydrogens is 366 g/mol. The fourth-order valence-electron chi connectivity index (χ4n) is 2.88. The molecule has 3 aromatic heterocycles. The predicted molar refractivity (Wildman–Crippen MR) is 111 cm³/mol. The van der Waals surface area contributed by atoms with Crippen LogP contribution in [0, 0.1) is 13.8 Å². The molecule has 8 nitrogen and oxygen atoms in total. The van der Waals surface area contributed by atoms with Crippen LogP contribution in [0.3, 0.4) is 0 Å². The summed E-state index contributed by atoms with van der Waals surface area (Å²) >= 11 is 0. The lowest BCUT2D eigenvalue weighted by molar-refractivity contribution is 0.102. The third-order valence-corrected chi connectivity index (χ3v) is 4.18. The van der Waals surface area contributed by atoms with Crippen molar-refractivity contribution >= 4 is 23.2 Å². The van der Waals surface area contributed by atoms with Crippen LogP contribution >= 0.6 is 0 Å². The highest BCUT2D eigenvalue weighted by Crippen LogP contribution is 2.17. The van der Waals surface area contributed by atoms with Gasteiger partial charge in [0.1, 0.15) is 0 Å². The average molecular weight is 385 g/mol. The summed E-state index contributed by atoms with van der Waals surface area (Å²) in [6.45, 7) is 3.91. The molecule has 0 radical (unpaired) electrons. The molecule has 29 heavy (non-hydrogen) atoms. The van der Waals surface area contributed by atoms with Crippen LogP contribution in [-0.4, -0.2) is 30.6 Å². The van der Waals surface area contributed by atoms with Crippen LogP contribution in [0.4, 0.5) is 17.3 Å². The van der Waals surface area contributed by atoms with Gasteiger partial charge in [0.2, 0.25) is 5.95 Å². The van der Waals surface area contributed by atoms with E-state index in [9.17, 15) is 4.79 Å². The number of rotatable bonds is 5. The van der Waals surface area contributed by atoms with Crippen molar-refractivity contribution in [2.75, 3.05) is 10.6 Å². The predicted octanol–water partition coefficient (Wildman–Crippen LogP) is 3.67. The van der Waals surface area contributed by atoms with Gasteiger partial charge >= 0.3 is 0 Å². The SMILES string of the molecule is Cc1cc(C)n(-c2ccc(NC(=O)c3cccc(Nc4ncccn4)c3)cn2)n1. The number of hydrogen-bond donors (Lipinski definition) is 2. The van der Waals surface area contributed by atoms with Crippen molar-refractivity contribution in [1.29, 1.82) is 0 Å². The maximum Gasteiger partial charge on any atom is 0.255 e. The smallest absolute Gasteiger partial charge is 0.255 e. The van der Waals surface area contributed by atoms with Gasteiger partial charge in [-0.25, -0.2) is 19.6 Å². The lowest BCUT2D eigenvalue weighted by atomic mass is 10.2. The Bertz CT molecular complexity index is 1140. The zero-order valence-electron chi connectivity index (χ0n) is 16.0. The number of anilines is 3. The zero-order valence-corrected chi connectivity index (χ0v) is 16.0. The van der Waals surface area contributed by atoms with Gasteiger partial charge in [0.15, 0.2) is 5.82 Å². The van der Waals surface area contributed by atoms with Gasteiger partial charge < -0.3 is 10.6 Å². The molecule has 4 aromatic rings. The molecule has 8 heteroatoms. The van der Waals surface area contributed by atoms with Gasteiger partial charge in [-0.05, 0) is 56.3 Å². The average Bonchev–Trinajstić information content (AvgIpc) is 3.07. The number of aromatic nitrogens is 5. The van der Waals surface area contributed by atoms with Crippen molar-refractivity contribution in [1.82, 2.24) is 24.7 Å². The van der Waals surface area contributed by atoms with E-state index in [1.807, 2.05) is 32.0 Å². The molecule has 0 unspecified atom stereocenters. The molecule has 0 saturated carbocycles. The molecule has 0 fully saturated rings. The minimum absolute atomic E-state index is 0.233. The summed E-state index contributed by atoms with van der Waals surface area (Å²) in [6, 6.07) is 14.5. The first-order valence-corrected chi connectivity index (χ1v) is 9.04. The van der Waals surface area contributed by atoms with Gasteiger partial charge in [0.25, 0.3) is 5.91 Å². The van der Waals surface area contributed by atoms with E-state index in [4.69, 9.17) is 0 Å². The summed E-state index contributed by atoms with van der Waals surface area (Å²) in [5, 5.41) is 10.3. The minimum atomic E-state index is -0.233. The molecule has 0 bridgehead atoms. The normalized spacial score (nSPS) is 10.6. The molecule has 4 rings (SSSR count). The first kappa shape index (κ1) is 18.3.